The Morgan fingerprint density at radius 1 is 1.24 bits per heavy atom. The molecule has 0 aliphatic heterocycles. The normalized spacial score (nSPS) is 10.6. The van der Waals surface area contributed by atoms with E-state index in [1.165, 1.54) is 0 Å². The van der Waals surface area contributed by atoms with Crippen molar-refractivity contribution in [2.75, 3.05) is 33.9 Å². The average molecular weight is 239 g/mol. The minimum Gasteiger partial charge on any atom is -0.493 e. The number of aliphatic hydroxyl groups excluding tert-OH is 1. The first-order valence-electron chi connectivity index (χ1n) is 5.79. The largest absolute Gasteiger partial charge is 0.493 e. The Kier molecular flexibility index (Phi) is 5.80. The number of aliphatic hydroxyl groups is 1. The Morgan fingerprint density at radius 3 is 2.53 bits per heavy atom. The second kappa shape index (κ2) is 7.14. The predicted octanol–water partition coefficient (Wildman–Crippen LogP) is 1.52. The maximum absolute atomic E-state index is 8.98. The third-order valence-electron chi connectivity index (χ3n) is 2.74. The molecule has 1 aromatic rings. The fourth-order valence-corrected chi connectivity index (χ4v) is 1.81. The van der Waals surface area contributed by atoms with Crippen molar-refractivity contribution in [3.63, 3.8) is 0 Å². The van der Waals surface area contributed by atoms with Gasteiger partial charge in [-0.25, -0.2) is 0 Å². The number of methoxy groups -OCH3 is 2. The Morgan fingerprint density at radius 2 is 2.00 bits per heavy atom. The SMILES string of the molecule is CCN(CCO)Cc1cccc(OC)c1OC. The third-order valence-corrected chi connectivity index (χ3v) is 2.74. The first-order chi connectivity index (χ1) is 8.26. The summed E-state index contributed by atoms with van der Waals surface area (Å²) in [4.78, 5) is 2.15. The van der Waals surface area contributed by atoms with Gasteiger partial charge in [0.25, 0.3) is 0 Å². The number of rotatable bonds is 7. The maximum atomic E-state index is 8.98. The molecule has 0 aliphatic rings. The average Bonchev–Trinajstić information content (AvgIpc) is 2.37. The van der Waals surface area contributed by atoms with Gasteiger partial charge in [-0.1, -0.05) is 19.1 Å². The van der Waals surface area contributed by atoms with Crippen molar-refractivity contribution in [3.8, 4) is 11.5 Å². The molecule has 0 atom stereocenters. The lowest BCUT2D eigenvalue weighted by Crippen LogP contribution is -2.26. The second-order valence-corrected chi connectivity index (χ2v) is 3.75. The monoisotopic (exact) mass is 239 g/mol. The molecule has 0 fully saturated rings. The minimum atomic E-state index is 0.167. The molecule has 0 aliphatic carbocycles. The summed E-state index contributed by atoms with van der Waals surface area (Å²) in [6, 6.07) is 5.84. The van der Waals surface area contributed by atoms with Crippen molar-refractivity contribution in [3.05, 3.63) is 23.8 Å². The number of likely N-dealkylation sites (N-methyl/N-ethyl adjacent to an activating group) is 1. The van der Waals surface area contributed by atoms with Crippen LogP contribution in [-0.2, 0) is 6.54 Å². The van der Waals surface area contributed by atoms with Crippen molar-refractivity contribution >= 4 is 0 Å². The molecule has 0 saturated carbocycles. The van der Waals surface area contributed by atoms with Gasteiger partial charge in [-0.05, 0) is 12.6 Å². The van der Waals surface area contributed by atoms with E-state index in [-0.39, 0.29) is 6.61 Å². The molecular weight excluding hydrogens is 218 g/mol. The van der Waals surface area contributed by atoms with Crippen molar-refractivity contribution in [2.24, 2.45) is 0 Å². The fraction of sp³-hybridized carbons (Fsp3) is 0.538. The van der Waals surface area contributed by atoms with Gasteiger partial charge in [-0.2, -0.15) is 0 Å². The summed E-state index contributed by atoms with van der Waals surface area (Å²) in [6.07, 6.45) is 0. The first kappa shape index (κ1) is 13.8. The highest BCUT2D eigenvalue weighted by atomic mass is 16.5. The van der Waals surface area contributed by atoms with Gasteiger partial charge >= 0.3 is 0 Å². The molecule has 0 aromatic heterocycles. The number of nitrogens with zero attached hydrogens (tertiary/aromatic N) is 1. The molecule has 0 unspecified atom stereocenters. The molecule has 0 heterocycles. The van der Waals surface area contributed by atoms with E-state index in [4.69, 9.17) is 14.6 Å². The van der Waals surface area contributed by atoms with Gasteiger partial charge < -0.3 is 14.6 Å². The molecule has 4 nitrogen and oxygen atoms in total. The Balaban J connectivity index is 2.88. The Hall–Kier alpha value is -1.26. The molecule has 1 aromatic carbocycles. The second-order valence-electron chi connectivity index (χ2n) is 3.75. The quantitative estimate of drug-likeness (QED) is 0.783. The number of hydrogen-bond acceptors (Lipinski definition) is 4. The summed E-state index contributed by atoms with van der Waals surface area (Å²) < 4.78 is 10.6. The summed E-state index contributed by atoms with van der Waals surface area (Å²) in [5, 5.41) is 8.98. The zero-order valence-electron chi connectivity index (χ0n) is 10.8. The zero-order chi connectivity index (χ0) is 12.7. The van der Waals surface area contributed by atoms with Crippen LogP contribution in [0.25, 0.3) is 0 Å². The van der Waals surface area contributed by atoms with Gasteiger partial charge in [-0.15, -0.1) is 0 Å². The lowest BCUT2D eigenvalue weighted by Gasteiger charge is -2.21. The Labute approximate surface area is 103 Å². The van der Waals surface area contributed by atoms with Crippen LogP contribution in [0.2, 0.25) is 0 Å². The molecule has 1 N–H and O–H groups in total. The Bertz CT molecular complexity index is 341. The topological polar surface area (TPSA) is 41.9 Å². The molecule has 0 spiro atoms. The van der Waals surface area contributed by atoms with E-state index in [9.17, 15) is 0 Å². The van der Waals surface area contributed by atoms with Crippen LogP contribution in [0.3, 0.4) is 0 Å². The highest BCUT2D eigenvalue weighted by molar-refractivity contribution is 5.46. The highest BCUT2D eigenvalue weighted by Crippen LogP contribution is 2.31. The van der Waals surface area contributed by atoms with E-state index in [0.717, 1.165) is 30.2 Å². The third kappa shape index (κ3) is 3.61. The minimum absolute atomic E-state index is 0.167. The van der Waals surface area contributed by atoms with Crippen molar-refractivity contribution in [2.45, 2.75) is 13.5 Å². The summed E-state index contributed by atoms with van der Waals surface area (Å²) in [6.45, 7) is 4.54. The lowest BCUT2D eigenvalue weighted by atomic mass is 10.1. The van der Waals surface area contributed by atoms with Crippen LogP contribution in [0.4, 0.5) is 0 Å². The fourth-order valence-electron chi connectivity index (χ4n) is 1.81. The number of para-hydroxylation sites is 1. The zero-order valence-corrected chi connectivity index (χ0v) is 10.8. The van der Waals surface area contributed by atoms with Gasteiger partial charge in [0.05, 0.1) is 20.8 Å². The molecule has 96 valence electrons. The molecule has 0 saturated heterocycles. The molecule has 0 bridgehead atoms. The van der Waals surface area contributed by atoms with Crippen molar-refractivity contribution < 1.29 is 14.6 Å². The van der Waals surface area contributed by atoms with Crippen LogP contribution in [-0.4, -0.2) is 43.9 Å². The molecule has 1 rings (SSSR count). The van der Waals surface area contributed by atoms with Gasteiger partial charge in [-0.3, -0.25) is 4.90 Å². The number of ether oxygens (including phenoxy) is 2. The van der Waals surface area contributed by atoms with Crippen LogP contribution in [0, 0.1) is 0 Å². The number of hydrogen-bond donors (Lipinski definition) is 1. The summed E-state index contributed by atoms with van der Waals surface area (Å²) in [5.74, 6) is 1.51. The van der Waals surface area contributed by atoms with Crippen molar-refractivity contribution in [1.29, 1.82) is 0 Å². The molecular formula is C13H21NO3. The summed E-state index contributed by atoms with van der Waals surface area (Å²) >= 11 is 0. The summed E-state index contributed by atoms with van der Waals surface area (Å²) in [5.41, 5.74) is 1.07. The molecule has 0 amide bonds. The van der Waals surface area contributed by atoms with Crippen LogP contribution < -0.4 is 9.47 Å². The van der Waals surface area contributed by atoms with Gasteiger partial charge in [0.15, 0.2) is 11.5 Å². The van der Waals surface area contributed by atoms with E-state index in [2.05, 4.69) is 11.8 Å². The van der Waals surface area contributed by atoms with Gasteiger partial charge in [0.2, 0.25) is 0 Å². The first-order valence-corrected chi connectivity index (χ1v) is 5.79. The van der Waals surface area contributed by atoms with E-state index in [1.54, 1.807) is 14.2 Å². The standard InChI is InChI=1S/C13H21NO3/c1-4-14(8-9-15)10-11-6-5-7-12(16-2)13(11)17-3/h5-7,15H,4,8-10H2,1-3H3. The van der Waals surface area contributed by atoms with E-state index >= 15 is 0 Å². The molecule has 4 heteroatoms. The van der Waals surface area contributed by atoms with Gasteiger partial charge in [0.1, 0.15) is 0 Å². The highest BCUT2D eigenvalue weighted by Gasteiger charge is 2.12. The van der Waals surface area contributed by atoms with Gasteiger partial charge in [0, 0.05) is 18.7 Å². The van der Waals surface area contributed by atoms with Crippen LogP contribution in [0.1, 0.15) is 12.5 Å². The van der Waals surface area contributed by atoms with Crippen LogP contribution in [0.15, 0.2) is 18.2 Å². The van der Waals surface area contributed by atoms with E-state index in [0.29, 0.717) is 6.54 Å². The molecule has 0 radical (unpaired) electrons. The summed E-state index contributed by atoms with van der Waals surface area (Å²) in [7, 11) is 3.27. The maximum Gasteiger partial charge on any atom is 0.165 e. The van der Waals surface area contributed by atoms with Crippen LogP contribution >= 0.6 is 0 Å². The van der Waals surface area contributed by atoms with Crippen molar-refractivity contribution in [1.82, 2.24) is 4.90 Å². The lowest BCUT2D eigenvalue weighted by molar-refractivity contribution is 0.195. The van der Waals surface area contributed by atoms with Crippen LogP contribution in [0.5, 0.6) is 11.5 Å². The van der Waals surface area contributed by atoms with E-state index in [1.807, 2.05) is 18.2 Å². The smallest absolute Gasteiger partial charge is 0.165 e. The predicted molar refractivity (Wildman–Crippen MR) is 67.6 cm³/mol. The molecule has 17 heavy (non-hydrogen) atoms. The number of benzene rings is 1. The van der Waals surface area contributed by atoms with E-state index < -0.39 is 0 Å².